The number of ether oxygens (including phenoxy) is 2. The summed E-state index contributed by atoms with van der Waals surface area (Å²) in [6, 6.07) is -10.0. The van der Waals surface area contributed by atoms with Crippen molar-refractivity contribution in [1.29, 1.82) is 0 Å². The van der Waals surface area contributed by atoms with Crippen LogP contribution in [0.15, 0.2) is 21.3 Å². The topological polar surface area (TPSA) is 383 Å². The van der Waals surface area contributed by atoms with Gasteiger partial charge in [0.2, 0.25) is 52.7 Å². The fourth-order valence-electron chi connectivity index (χ4n) is 12.3. The summed E-state index contributed by atoms with van der Waals surface area (Å²) in [5.41, 5.74) is -2.48. The number of carbonyl (C=O) groups is 13. The Bertz CT molecular complexity index is 3570. The maximum atomic E-state index is 15.2. The summed E-state index contributed by atoms with van der Waals surface area (Å²) in [7, 11) is 5.22. The highest BCUT2D eigenvalue weighted by atomic mass is 16.6. The Labute approximate surface area is 524 Å². The zero-order chi connectivity index (χ0) is 67.4. The van der Waals surface area contributed by atoms with Crippen molar-refractivity contribution in [2.24, 2.45) is 17.8 Å². The Morgan fingerprint density at radius 2 is 1.32 bits per heavy atom. The molecule has 4 fully saturated rings. The van der Waals surface area contributed by atoms with E-state index in [1.54, 1.807) is 55.4 Å². The average molecular weight is 1270 g/mol. The third-order valence-corrected chi connectivity index (χ3v) is 17.8. The van der Waals surface area contributed by atoms with Crippen LogP contribution < -0.4 is 32.0 Å². The van der Waals surface area contributed by atoms with E-state index in [0.717, 1.165) is 24.5 Å². The zero-order valence-corrected chi connectivity index (χ0v) is 53.6. The predicted octanol–water partition coefficient (Wildman–Crippen LogP) is -1.55. The number of nitrogens with one attached hydrogen (secondary N) is 5. The van der Waals surface area contributed by atoms with E-state index in [0.29, 0.717) is 5.56 Å². The second kappa shape index (κ2) is 26.4. The highest BCUT2D eigenvalue weighted by Crippen LogP contribution is 2.37. The summed E-state index contributed by atoms with van der Waals surface area (Å²) in [6.45, 7) is 14.7. The largest absolute Gasteiger partial charge is 0.458 e. The highest BCUT2D eigenvalue weighted by Gasteiger charge is 2.51. The molecule has 0 spiro atoms. The molecule has 7 aliphatic rings. The minimum absolute atomic E-state index is 0.0214. The van der Waals surface area contributed by atoms with Crippen molar-refractivity contribution in [2.45, 2.75) is 162 Å². The van der Waals surface area contributed by atoms with E-state index >= 15 is 9.59 Å². The maximum absolute atomic E-state index is 15.2. The van der Waals surface area contributed by atoms with Crippen molar-refractivity contribution in [3.05, 3.63) is 44.6 Å². The van der Waals surface area contributed by atoms with Gasteiger partial charge in [-0.15, -0.1) is 0 Å². The van der Waals surface area contributed by atoms with E-state index in [1.165, 1.54) is 66.0 Å². The first kappa shape index (κ1) is 67.8. The molecule has 30 nitrogen and oxygen atoms in total. The molecule has 1 aromatic carbocycles. The molecule has 6 N–H and O–H groups in total. The van der Waals surface area contributed by atoms with E-state index in [-0.39, 0.29) is 46.5 Å². The van der Waals surface area contributed by atoms with Gasteiger partial charge < -0.3 is 75.0 Å². The summed E-state index contributed by atoms with van der Waals surface area (Å²) in [6.07, 6.45) is -5.01. The number of Topliss-reactive ketones (excluding diaryl/α,β-unsaturated/α-hetero) is 1. The lowest BCUT2D eigenvalue weighted by molar-refractivity contribution is -0.163. The summed E-state index contributed by atoms with van der Waals surface area (Å²) in [4.78, 5) is 212. The molecule has 6 heterocycles. The van der Waals surface area contributed by atoms with Crippen LogP contribution in [0.25, 0.3) is 22.6 Å². The van der Waals surface area contributed by atoms with Crippen molar-refractivity contribution in [2.75, 3.05) is 59.7 Å². The molecule has 0 aromatic heterocycles. The number of carbonyl (C=O) groups excluding carboxylic acids is 13. The summed E-state index contributed by atoms with van der Waals surface area (Å²) in [5, 5.41) is 24.7. The van der Waals surface area contributed by atoms with E-state index in [4.69, 9.17) is 18.9 Å². The number of aliphatic hydroxyl groups is 1. The van der Waals surface area contributed by atoms with Gasteiger partial charge in [0.05, 0.1) is 49.1 Å². The van der Waals surface area contributed by atoms with Crippen LogP contribution in [0.4, 0.5) is 5.69 Å². The van der Waals surface area contributed by atoms with Crippen molar-refractivity contribution in [3.63, 3.8) is 0 Å². The number of hydrogen-bond donors (Lipinski definition) is 6. The first-order valence-corrected chi connectivity index (χ1v) is 30.2. The smallest absolute Gasteiger partial charge is 0.329 e. The molecule has 6 aliphatic heterocycles. The molecule has 12 atom stereocenters. The Morgan fingerprint density at radius 3 is 1.95 bits per heavy atom. The fraction of sp³-hybridized carbons (Fsp3) is 0.590. The van der Waals surface area contributed by atoms with Gasteiger partial charge in [-0.3, -0.25) is 57.5 Å². The number of hydrogen-bond acceptors (Lipinski definition) is 20. The number of fused-ring (bicyclic) bond motifs is 7. The molecule has 0 radical (unpaired) electrons. The summed E-state index contributed by atoms with van der Waals surface area (Å²) < 4.78 is 18.3. The number of nitrogens with zero attached hydrogens (tertiary/aromatic N) is 7. The molecule has 30 heteroatoms. The van der Waals surface area contributed by atoms with Gasteiger partial charge in [-0.05, 0) is 70.4 Å². The molecule has 4 saturated heterocycles. The Kier molecular flexibility index (Phi) is 19.7. The molecule has 8 rings (SSSR count). The van der Waals surface area contributed by atoms with Crippen LogP contribution in [0.2, 0.25) is 0 Å². The molecule has 1 aliphatic carbocycles. The van der Waals surface area contributed by atoms with Gasteiger partial charge in [0, 0.05) is 46.2 Å². The van der Waals surface area contributed by atoms with E-state index < -0.39 is 210 Å². The molecular formula is C61H80N12O18. The minimum Gasteiger partial charge on any atom is -0.458 e. The number of benzene rings is 2. The molecule has 0 saturated carbocycles. The maximum Gasteiger partial charge on any atom is 0.329 e. The van der Waals surface area contributed by atoms with Gasteiger partial charge >= 0.3 is 11.9 Å². The zero-order valence-electron chi connectivity index (χ0n) is 53.6. The number of ketones is 1. The van der Waals surface area contributed by atoms with Gasteiger partial charge in [-0.25, -0.2) is 14.6 Å². The van der Waals surface area contributed by atoms with Gasteiger partial charge in [-0.2, -0.15) is 0 Å². The van der Waals surface area contributed by atoms with Crippen molar-refractivity contribution >= 4 is 93.6 Å². The van der Waals surface area contributed by atoms with Crippen LogP contribution in [-0.2, 0) is 62.2 Å². The number of aryl methyl sites for hydroxylation is 1. The molecule has 91 heavy (non-hydrogen) atoms. The Balaban J connectivity index is 1.22. The van der Waals surface area contributed by atoms with Crippen LogP contribution in [0, 0.1) is 31.6 Å². The number of amides is 10. The molecular weight excluding hydrogens is 1190 g/mol. The number of cyclic esters (lactones) is 1. The normalized spacial score (nSPS) is 28.3. The van der Waals surface area contributed by atoms with Crippen molar-refractivity contribution in [3.8, 4) is 11.5 Å². The third kappa shape index (κ3) is 13.0. The minimum atomic E-state index is -1.90. The molecule has 1 aromatic rings. The first-order chi connectivity index (χ1) is 42.6. The van der Waals surface area contributed by atoms with Gasteiger partial charge in [0.25, 0.3) is 11.8 Å². The summed E-state index contributed by atoms with van der Waals surface area (Å²) >= 11 is 0. The van der Waals surface area contributed by atoms with Gasteiger partial charge in [0.15, 0.2) is 17.1 Å². The van der Waals surface area contributed by atoms with Gasteiger partial charge in [-0.1, -0.05) is 47.6 Å². The van der Waals surface area contributed by atoms with Crippen molar-refractivity contribution in [1.82, 2.24) is 55.7 Å². The van der Waals surface area contributed by atoms with E-state index in [1.807, 2.05) is 0 Å². The Morgan fingerprint density at radius 1 is 0.714 bits per heavy atom. The lowest BCUT2D eigenvalue weighted by Gasteiger charge is -2.37. The number of aromatic nitrogens is 1. The number of likely N-dealkylation sites (N-methyl/N-ethyl adjacent to an activating group) is 4. The van der Waals surface area contributed by atoms with Crippen LogP contribution in [0.5, 0.6) is 0 Å². The number of aliphatic hydroxyl groups excluding tert-OH is 1. The molecule has 492 valence electrons. The molecule has 0 bridgehead atoms. The first-order valence-electron chi connectivity index (χ1n) is 30.2. The van der Waals surface area contributed by atoms with Crippen LogP contribution in [0.3, 0.4) is 0 Å². The number of anilines is 1. The van der Waals surface area contributed by atoms with Gasteiger partial charge in [0.1, 0.15) is 71.8 Å². The average Bonchev–Trinajstić information content (AvgIpc) is 1.49. The highest BCUT2D eigenvalue weighted by molar-refractivity contribution is 6.11. The van der Waals surface area contributed by atoms with Crippen molar-refractivity contribution < 1.29 is 81.3 Å². The number of esters is 2. The molecule has 12 unspecified atom stereocenters. The quantitative estimate of drug-likeness (QED) is 0.124. The lowest BCUT2D eigenvalue weighted by Crippen LogP contribution is -2.63. The predicted molar refractivity (Wildman–Crippen MR) is 321 cm³/mol. The summed E-state index contributed by atoms with van der Waals surface area (Å²) in [5.74, 6) is -13.8. The standard InChI is InChI=1S/C61H80N12O18/c1-24(2)40-57(84)72-21-32(74)19-34(72)56(83)68(12)22-37(76)70(14)30(10)60(87)90-36-20-62-45-39(53(80)67-44(36)55(82)64-40)46-51(29(9)49(45)78)91-50-27(7)16-17-33(43(50)63-46)52(79)66-42-31(11)89-61(88)47(26(5)6)71(15)38(77)23-69(13)59(86)48-35(75)18-28(8)73(48)58(85)41(25(3)4)65-54(42)81/h16-17,24-26,28,30-31,34-36,40-42,44,47-48,62,75H,18-23H2,1-15H3,(H,64,82)(H,65,81)(H,66,79)(H,67,80). The Hall–Kier alpha value is -9.09. The second-order valence-corrected chi connectivity index (χ2v) is 25.4. The third-order valence-electron chi connectivity index (χ3n) is 17.8. The SMILES string of the molecule is Cc1c2oc3c(C)ccc(C(=O)NC4C(=O)NC(C(C)C)C(=O)N5C(C)CC(O)C5C(=O)N(C)CC(=O)N(C)C(C(C)C)C(=O)OC4C)c3nc-2c2c(c1=O)NCC1OC(=O)C(C)N(C)C(=O)CN(C)C(=O)C3CC(=O)CN3C(=O)C(C(C)C)NC(=O)C1NC2=O. The monoisotopic (exact) mass is 1270 g/mol. The molecule has 10 amide bonds. The van der Waals surface area contributed by atoms with E-state index in [2.05, 4.69) is 26.6 Å². The van der Waals surface area contributed by atoms with Crippen LogP contribution in [-0.4, -0.2) is 243 Å². The van der Waals surface area contributed by atoms with E-state index in [9.17, 15) is 62.6 Å². The lowest BCUT2D eigenvalue weighted by atomic mass is 9.96. The fourth-order valence-corrected chi connectivity index (χ4v) is 12.3. The number of rotatable bonds is 5. The van der Waals surface area contributed by atoms with Crippen LogP contribution >= 0.6 is 0 Å². The van der Waals surface area contributed by atoms with Crippen LogP contribution in [0.1, 0.15) is 107 Å². The second-order valence-electron chi connectivity index (χ2n) is 25.4.